The maximum absolute atomic E-state index is 12.9. The Hall–Kier alpha value is -2.91. The lowest BCUT2D eigenvalue weighted by Crippen LogP contribution is -2.21. The Balaban J connectivity index is 1.65. The summed E-state index contributed by atoms with van der Waals surface area (Å²) in [6, 6.07) is 15.8. The van der Waals surface area contributed by atoms with Crippen LogP contribution in [0.25, 0.3) is 17.4 Å². The molecule has 0 aliphatic carbocycles. The van der Waals surface area contributed by atoms with Crippen molar-refractivity contribution in [3.8, 4) is 11.3 Å². The number of benzene rings is 2. The van der Waals surface area contributed by atoms with Gasteiger partial charge in [0.1, 0.15) is 11.5 Å². The Kier molecular flexibility index (Phi) is 5.48. The largest absolute Gasteiger partial charge is 0.478 e. The molecule has 8 heteroatoms. The molecule has 4 rings (SSSR count). The number of nitrogens with zero attached hydrogens (tertiary/aromatic N) is 2. The van der Waals surface area contributed by atoms with Crippen LogP contribution < -0.4 is 5.01 Å². The molecular weight excluding hydrogens is 519 g/mol. The minimum atomic E-state index is -1.18. The van der Waals surface area contributed by atoms with E-state index in [0.29, 0.717) is 28.5 Å². The number of carboxylic acids is 1. The number of anilines is 1. The number of furan rings is 1. The third-order valence-electron chi connectivity index (χ3n) is 4.54. The molecule has 150 valence electrons. The number of halogens is 2. The fourth-order valence-electron chi connectivity index (χ4n) is 3.05. The molecule has 0 spiro atoms. The molecule has 2 aromatic carbocycles. The van der Waals surface area contributed by atoms with Gasteiger partial charge < -0.3 is 9.52 Å². The van der Waals surface area contributed by atoms with E-state index in [1.165, 1.54) is 12.1 Å². The van der Waals surface area contributed by atoms with Crippen LogP contribution >= 0.6 is 34.2 Å². The molecule has 0 saturated heterocycles. The minimum absolute atomic E-state index is 0.0908. The summed E-state index contributed by atoms with van der Waals surface area (Å²) in [7, 11) is 0. The van der Waals surface area contributed by atoms with Gasteiger partial charge in [0.05, 0.1) is 27.6 Å². The van der Waals surface area contributed by atoms with Gasteiger partial charge in [-0.1, -0.05) is 29.8 Å². The van der Waals surface area contributed by atoms with Gasteiger partial charge in [-0.3, -0.25) is 4.79 Å². The molecule has 0 fully saturated rings. The monoisotopic (exact) mass is 532 g/mol. The summed E-state index contributed by atoms with van der Waals surface area (Å²) < 4.78 is 6.97. The molecule has 3 aromatic rings. The highest BCUT2D eigenvalue weighted by atomic mass is 127. The van der Waals surface area contributed by atoms with Crippen molar-refractivity contribution in [3.63, 3.8) is 0 Å². The van der Waals surface area contributed by atoms with E-state index in [1.807, 2.05) is 30.3 Å². The van der Waals surface area contributed by atoms with Crippen molar-refractivity contribution in [1.82, 2.24) is 0 Å². The van der Waals surface area contributed by atoms with Crippen LogP contribution in [0.4, 0.5) is 5.69 Å². The van der Waals surface area contributed by atoms with Crippen LogP contribution in [0.2, 0.25) is 5.02 Å². The van der Waals surface area contributed by atoms with Crippen molar-refractivity contribution in [2.24, 2.45) is 5.10 Å². The molecule has 1 N–H and O–H groups in total. The second kappa shape index (κ2) is 8.08. The maximum atomic E-state index is 12.9. The quantitative estimate of drug-likeness (QED) is 0.345. The summed E-state index contributed by atoms with van der Waals surface area (Å²) in [5, 5.41) is 14.8. The van der Waals surface area contributed by atoms with Gasteiger partial charge in [-0.25, -0.2) is 4.79 Å². The Morgan fingerprint density at radius 3 is 2.70 bits per heavy atom. The van der Waals surface area contributed by atoms with Crippen LogP contribution in [-0.4, -0.2) is 22.7 Å². The molecule has 6 nitrogen and oxygen atoms in total. The lowest BCUT2D eigenvalue weighted by atomic mass is 10.1. The van der Waals surface area contributed by atoms with E-state index in [0.717, 1.165) is 14.1 Å². The van der Waals surface area contributed by atoms with Crippen molar-refractivity contribution < 1.29 is 19.1 Å². The maximum Gasteiger partial charge on any atom is 0.337 e. The molecule has 1 aromatic heterocycles. The van der Waals surface area contributed by atoms with Crippen molar-refractivity contribution >= 4 is 63.5 Å². The fraction of sp³-hybridized carbons (Fsp3) is 0.0455. The Morgan fingerprint density at radius 1 is 1.20 bits per heavy atom. The average Bonchev–Trinajstić information content (AvgIpc) is 3.29. The molecular formula is C22H14ClIN2O4. The highest BCUT2D eigenvalue weighted by Crippen LogP contribution is 2.31. The number of rotatable bonds is 4. The van der Waals surface area contributed by atoms with Gasteiger partial charge >= 0.3 is 5.97 Å². The number of hydrogen-bond acceptors (Lipinski definition) is 4. The van der Waals surface area contributed by atoms with Crippen LogP contribution in [0.5, 0.6) is 0 Å². The molecule has 0 unspecified atom stereocenters. The predicted molar refractivity (Wildman–Crippen MR) is 124 cm³/mol. The second-order valence-electron chi connectivity index (χ2n) is 6.51. The van der Waals surface area contributed by atoms with Crippen molar-refractivity contribution in [3.05, 3.63) is 80.1 Å². The number of hydrogen-bond donors (Lipinski definition) is 1. The van der Waals surface area contributed by atoms with Crippen LogP contribution in [0.15, 0.2) is 69.7 Å². The van der Waals surface area contributed by atoms with Gasteiger partial charge in [0.25, 0.3) is 5.91 Å². The van der Waals surface area contributed by atoms with E-state index in [4.69, 9.17) is 16.0 Å². The molecule has 1 aliphatic heterocycles. The van der Waals surface area contributed by atoms with Crippen LogP contribution in [0.3, 0.4) is 0 Å². The van der Waals surface area contributed by atoms with E-state index in [-0.39, 0.29) is 16.5 Å². The smallest absolute Gasteiger partial charge is 0.337 e. The number of hydrazone groups is 1. The lowest BCUT2D eigenvalue weighted by molar-refractivity contribution is -0.114. The first-order chi connectivity index (χ1) is 14.3. The molecule has 2 heterocycles. The van der Waals surface area contributed by atoms with Crippen LogP contribution in [0.1, 0.15) is 23.0 Å². The summed E-state index contributed by atoms with van der Waals surface area (Å²) >= 11 is 8.16. The topological polar surface area (TPSA) is 83.1 Å². The Labute approximate surface area is 190 Å². The molecule has 1 amide bonds. The molecule has 0 bridgehead atoms. The standard InChI is InChI=1S/C22H14ClIN2O4/c1-12-16(11-14-7-9-20(30-14)15-4-2-3-5-19(15)24)21(27)26(25-12)13-6-8-18(23)17(10-13)22(28)29/h2-11H,1H3,(H,28,29)/b16-11-. The molecule has 0 atom stereocenters. The van der Waals surface area contributed by atoms with Gasteiger partial charge in [-0.15, -0.1) is 0 Å². The summed E-state index contributed by atoms with van der Waals surface area (Å²) in [6.07, 6.45) is 1.63. The van der Waals surface area contributed by atoms with E-state index in [1.54, 1.807) is 25.1 Å². The molecule has 1 aliphatic rings. The minimum Gasteiger partial charge on any atom is -0.478 e. The van der Waals surface area contributed by atoms with Gasteiger partial charge in [0, 0.05) is 9.13 Å². The molecule has 0 saturated carbocycles. The first-order valence-corrected chi connectivity index (χ1v) is 10.3. The number of carbonyl (C=O) groups is 2. The summed E-state index contributed by atoms with van der Waals surface area (Å²) in [5.41, 5.74) is 2.06. The summed E-state index contributed by atoms with van der Waals surface area (Å²) in [5.74, 6) is -0.332. The molecule has 0 radical (unpaired) electrons. The number of carbonyl (C=O) groups excluding carboxylic acids is 1. The second-order valence-corrected chi connectivity index (χ2v) is 8.08. The van der Waals surface area contributed by atoms with Gasteiger partial charge in [0.2, 0.25) is 0 Å². The van der Waals surface area contributed by atoms with E-state index in [2.05, 4.69) is 27.7 Å². The fourth-order valence-corrected chi connectivity index (χ4v) is 3.90. The third-order valence-corrected chi connectivity index (χ3v) is 5.81. The van der Waals surface area contributed by atoms with Crippen molar-refractivity contribution in [2.45, 2.75) is 6.92 Å². The van der Waals surface area contributed by atoms with E-state index in [9.17, 15) is 14.7 Å². The van der Waals surface area contributed by atoms with Crippen LogP contribution in [0, 0.1) is 3.57 Å². The zero-order valence-corrected chi connectivity index (χ0v) is 18.5. The van der Waals surface area contributed by atoms with Gasteiger partial charge in [-0.2, -0.15) is 10.1 Å². The molecule has 30 heavy (non-hydrogen) atoms. The zero-order valence-electron chi connectivity index (χ0n) is 15.6. The SMILES string of the molecule is CC1=NN(c2ccc(Cl)c(C(=O)O)c2)C(=O)/C1=C\c1ccc(-c2ccccc2I)o1. The average molecular weight is 533 g/mol. The summed E-state index contributed by atoms with van der Waals surface area (Å²) in [4.78, 5) is 24.3. The van der Waals surface area contributed by atoms with Crippen molar-refractivity contribution in [1.29, 1.82) is 0 Å². The van der Waals surface area contributed by atoms with E-state index >= 15 is 0 Å². The predicted octanol–water partition coefficient (Wildman–Crippen LogP) is 5.71. The number of carboxylic acid groups (broad SMARTS) is 1. The van der Waals surface area contributed by atoms with Gasteiger partial charge in [0.15, 0.2) is 0 Å². The first-order valence-electron chi connectivity index (χ1n) is 8.84. The summed E-state index contributed by atoms with van der Waals surface area (Å²) in [6.45, 7) is 1.71. The highest BCUT2D eigenvalue weighted by Gasteiger charge is 2.30. The van der Waals surface area contributed by atoms with Crippen molar-refractivity contribution in [2.75, 3.05) is 5.01 Å². The highest BCUT2D eigenvalue weighted by molar-refractivity contribution is 14.1. The zero-order chi connectivity index (χ0) is 21.4. The van der Waals surface area contributed by atoms with E-state index < -0.39 is 5.97 Å². The first kappa shape index (κ1) is 20.4. The lowest BCUT2D eigenvalue weighted by Gasteiger charge is -2.12. The van der Waals surface area contributed by atoms with Gasteiger partial charge in [-0.05, 0) is 72.0 Å². The van der Waals surface area contributed by atoms with Crippen LogP contribution in [-0.2, 0) is 4.79 Å². The third kappa shape index (κ3) is 3.78. The normalized spacial score (nSPS) is 15.0. The Bertz CT molecular complexity index is 1250. The number of aromatic carboxylic acids is 1. The number of amides is 1. The Morgan fingerprint density at radius 2 is 1.97 bits per heavy atom.